The van der Waals surface area contributed by atoms with Crippen molar-refractivity contribution in [2.75, 3.05) is 10.2 Å². The van der Waals surface area contributed by atoms with Crippen LogP contribution in [0.25, 0.3) is 0 Å². The summed E-state index contributed by atoms with van der Waals surface area (Å²) in [5, 5.41) is 2.68. The van der Waals surface area contributed by atoms with Gasteiger partial charge in [-0.3, -0.25) is 19.2 Å². The Bertz CT molecular complexity index is 1060. The molecule has 0 radical (unpaired) electrons. The van der Waals surface area contributed by atoms with Gasteiger partial charge in [0.05, 0.1) is 18.2 Å². The molecule has 1 heterocycles. The van der Waals surface area contributed by atoms with Crippen molar-refractivity contribution in [3.8, 4) is 0 Å². The molecule has 1 saturated carbocycles. The molecule has 0 aromatic heterocycles. The van der Waals surface area contributed by atoms with E-state index in [1.807, 2.05) is 37.3 Å². The summed E-state index contributed by atoms with van der Waals surface area (Å²) in [6.07, 6.45) is 4.74. The van der Waals surface area contributed by atoms with Gasteiger partial charge in [0.15, 0.2) is 0 Å². The van der Waals surface area contributed by atoms with Crippen molar-refractivity contribution in [2.24, 2.45) is 5.92 Å². The molecule has 7 nitrogen and oxygen atoms in total. The molecule has 178 valence electrons. The maximum atomic E-state index is 13.7. The second-order valence-electron chi connectivity index (χ2n) is 9.18. The summed E-state index contributed by atoms with van der Waals surface area (Å²) < 4.78 is 0. The second-order valence-corrected chi connectivity index (χ2v) is 9.18. The zero-order chi connectivity index (χ0) is 24.2. The minimum absolute atomic E-state index is 0.0370. The minimum atomic E-state index is -0.841. The van der Waals surface area contributed by atoms with E-state index in [1.54, 1.807) is 29.2 Å². The summed E-state index contributed by atoms with van der Waals surface area (Å²) >= 11 is 0. The Morgan fingerprint density at radius 2 is 1.62 bits per heavy atom. The lowest BCUT2D eigenvalue weighted by Crippen LogP contribution is -2.49. The van der Waals surface area contributed by atoms with Crippen LogP contribution in [0.3, 0.4) is 0 Å². The van der Waals surface area contributed by atoms with Crippen LogP contribution in [0, 0.1) is 5.92 Å². The average Bonchev–Trinajstić information content (AvgIpc) is 3.13. The molecule has 4 amide bonds. The largest absolute Gasteiger partial charge is 0.326 e. The van der Waals surface area contributed by atoms with E-state index in [9.17, 15) is 19.2 Å². The van der Waals surface area contributed by atoms with E-state index in [1.165, 1.54) is 11.8 Å². The second kappa shape index (κ2) is 10.2. The first-order valence-corrected chi connectivity index (χ1v) is 12.0. The van der Waals surface area contributed by atoms with Crippen LogP contribution >= 0.6 is 0 Å². The molecule has 2 fully saturated rings. The van der Waals surface area contributed by atoms with Crippen LogP contribution in [0.1, 0.15) is 64.0 Å². The number of rotatable bonds is 6. The fourth-order valence-electron chi connectivity index (χ4n) is 5.07. The predicted octanol–water partition coefficient (Wildman–Crippen LogP) is 4.45. The molecule has 7 heteroatoms. The number of carbonyl (C=O) groups is 4. The number of carbonyl (C=O) groups excluding carboxylic acids is 4. The standard InChI is InChI=1S/C27H31N3O4/c1-18(20-9-5-3-6-10-20)29(26(33)21-11-7-4-8-12-21)24-17-25(32)30(27(24)34)23-15-13-22(14-16-23)28-19(2)31/h3,5-6,9-10,13-16,18,21,24H,4,7-8,11-12,17H2,1-2H3,(H,28,31). The van der Waals surface area contributed by atoms with E-state index in [2.05, 4.69) is 5.32 Å². The molecule has 2 aromatic carbocycles. The van der Waals surface area contributed by atoms with Gasteiger partial charge in [0.1, 0.15) is 6.04 Å². The Hall–Kier alpha value is -3.48. The van der Waals surface area contributed by atoms with Crippen molar-refractivity contribution >= 4 is 35.0 Å². The molecule has 4 rings (SSSR count). The predicted molar refractivity (Wildman–Crippen MR) is 130 cm³/mol. The van der Waals surface area contributed by atoms with Crippen molar-refractivity contribution in [1.29, 1.82) is 0 Å². The number of imide groups is 1. The zero-order valence-corrected chi connectivity index (χ0v) is 19.7. The van der Waals surface area contributed by atoms with Crippen LogP contribution in [0.2, 0.25) is 0 Å². The molecule has 2 atom stereocenters. The van der Waals surface area contributed by atoms with Crippen LogP contribution < -0.4 is 10.2 Å². The van der Waals surface area contributed by atoms with Gasteiger partial charge in [-0.05, 0) is 49.6 Å². The molecule has 1 aliphatic carbocycles. The third-order valence-electron chi connectivity index (χ3n) is 6.81. The van der Waals surface area contributed by atoms with E-state index in [-0.39, 0.29) is 42.0 Å². The smallest absolute Gasteiger partial charge is 0.257 e. The number of amides is 4. The first kappa shape index (κ1) is 23.7. The molecule has 1 aliphatic heterocycles. The third kappa shape index (κ3) is 4.88. The maximum absolute atomic E-state index is 13.7. The van der Waals surface area contributed by atoms with Gasteiger partial charge in [-0.15, -0.1) is 0 Å². The topological polar surface area (TPSA) is 86.8 Å². The average molecular weight is 462 g/mol. The van der Waals surface area contributed by atoms with Gasteiger partial charge < -0.3 is 10.2 Å². The Balaban J connectivity index is 1.63. The summed E-state index contributed by atoms with van der Waals surface area (Å²) in [6.45, 7) is 3.34. The number of nitrogens with zero attached hydrogens (tertiary/aromatic N) is 2. The Morgan fingerprint density at radius 1 is 0.971 bits per heavy atom. The highest BCUT2D eigenvalue weighted by molar-refractivity contribution is 6.23. The molecule has 2 unspecified atom stereocenters. The normalized spacial score (nSPS) is 19.7. The summed E-state index contributed by atoms with van der Waals surface area (Å²) in [4.78, 5) is 54.5. The van der Waals surface area contributed by atoms with Crippen molar-refractivity contribution in [1.82, 2.24) is 4.90 Å². The van der Waals surface area contributed by atoms with Gasteiger partial charge in [0.25, 0.3) is 5.91 Å². The fraction of sp³-hybridized carbons (Fsp3) is 0.407. The lowest BCUT2D eigenvalue weighted by atomic mass is 9.87. The Labute approximate surface area is 200 Å². The SMILES string of the molecule is CC(=O)Nc1ccc(N2C(=O)CC(N(C(=O)C3CCCCC3)C(C)c3ccccc3)C2=O)cc1. The first-order valence-electron chi connectivity index (χ1n) is 12.0. The van der Waals surface area contributed by atoms with Gasteiger partial charge in [-0.25, -0.2) is 4.90 Å². The summed E-state index contributed by atoms with van der Waals surface area (Å²) in [5.41, 5.74) is 1.95. The minimum Gasteiger partial charge on any atom is -0.326 e. The molecule has 0 spiro atoms. The van der Waals surface area contributed by atoms with E-state index < -0.39 is 6.04 Å². The van der Waals surface area contributed by atoms with Crippen LogP contribution in [0.4, 0.5) is 11.4 Å². The summed E-state index contributed by atoms with van der Waals surface area (Å²) in [5.74, 6) is -1.07. The number of benzene rings is 2. The van der Waals surface area contributed by atoms with Gasteiger partial charge >= 0.3 is 0 Å². The third-order valence-corrected chi connectivity index (χ3v) is 6.81. The van der Waals surface area contributed by atoms with Gasteiger partial charge in [-0.1, -0.05) is 49.6 Å². The number of hydrogen-bond donors (Lipinski definition) is 1. The molecule has 0 bridgehead atoms. The quantitative estimate of drug-likeness (QED) is 0.644. The maximum Gasteiger partial charge on any atom is 0.257 e. The number of anilines is 2. The molecule has 1 N–H and O–H groups in total. The molecule has 1 saturated heterocycles. The monoisotopic (exact) mass is 461 g/mol. The van der Waals surface area contributed by atoms with Crippen molar-refractivity contribution in [3.05, 3.63) is 60.2 Å². The van der Waals surface area contributed by atoms with E-state index in [4.69, 9.17) is 0 Å². The first-order chi connectivity index (χ1) is 16.4. The molecule has 34 heavy (non-hydrogen) atoms. The lowest BCUT2D eigenvalue weighted by Gasteiger charge is -2.37. The van der Waals surface area contributed by atoms with Crippen molar-refractivity contribution < 1.29 is 19.2 Å². The van der Waals surface area contributed by atoms with E-state index >= 15 is 0 Å². The highest BCUT2D eigenvalue weighted by Gasteiger charge is 2.47. The number of nitrogens with one attached hydrogen (secondary N) is 1. The zero-order valence-electron chi connectivity index (χ0n) is 19.7. The van der Waals surface area contributed by atoms with Gasteiger partial charge in [0, 0.05) is 18.5 Å². The van der Waals surface area contributed by atoms with Gasteiger partial charge in [-0.2, -0.15) is 0 Å². The van der Waals surface area contributed by atoms with Gasteiger partial charge in [0.2, 0.25) is 17.7 Å². The highest BCUT2D eigenvalue weighted by Crippen LogP contribution is 2.35. The van der Waals surface area contributed by atoms with Crippen LogP contribution in [-0.2, 0) is 19.2 Å². The fourth-order valence-corrected chi connectivity index (χ4v) is 5.07. The molecular weight excluding hydrogens is 430 g/mol. The summed E-state index contributed by atoms with van der Waals surface area (Å²) in [7, 11) is 0. The Kier molecular flexibility index (Phi) is 7.10. The van der Waals surface area contributed by atoms with Crippen molar-refractivity contribution in [2.45, 2.75) is 64.5 Å². The van der Waals surface area contributed by atoms with Crippen LogP contribution in [-0.4, -0.2) is 34.6 Å². The lowest BCUT2D eigenvalue weighted by molar-refractivity contribution is -0.145. The molecule has 2 aliphatic rings. The van der Waals surface area contributed by atoms with Crippen LogP contribution in [0.5, 0.6) is 0 Å². The van der Waals surface area contributed by atoms with Crippen LogP contribution in [0.15, 0.2) is 54.6 Å². The Morgan fingerprint density at radius 3 is 2.24 bits per heavy atom. The van der Waals surface area contributed by atoms with E-state index in [0.29, 0.717) is 11.4 Å². The highest BCUT2D eigenvalue weighted by atomic mass is 16.2. The molecular formula is C27H31N3O4. The molecule has 2 aromatic rings. The number of hydrogen-bond acceptors (Lipinski definition) is 4. The van der Waals surface area contributed by atoms with Crippen molar-refractivity contribution in [3.63, 3.8) is 0 Å². The van der Waals surface area contributed by atoms with E-state index in [0.717, 1.165) is 37.7 Å². The summed E-state index contributed by atoms with van der Waals surface area (Å²) in [6, 6.07) is 15.1.